The third kappa shape index (κ3) is 4.28. The molecule has 0 aliphatic carbocycles. The van der Waals surface area contributed by atoms with Gasteiger partial charge in [-0.25, -0.2) is 4.79 Å². The molecule has 2 heterocycles. The molecule has 1 unspecified atom stereocenters. The zero-order chi connectivity index (χ0) is 15.2. The largest absolute Gasteiger partial charge is 0.482 e. The zero-order valence-corrected chi connectivity index (χ0v) is 12.1. The molecule has 1 amide bonds. The summed E-state index contributed by atoms with van der Waals surface area (Å²) in [6, 6.07) is 5.09. The fourth-order valence-electron chi connectivity index (χ4n) is 1.66. The van der Waals surface area contributed by atoms with Gasteiger partial charge in [-0.3, -0.25) is 9.78 Å². The highest BCUT2D eigenvalue weighted by Crippen LogP contribution is 2.18. The van der Waals surface area contributed by atoms with Crippen LogP contribution in [0.15, 0.2) is 36.0 Å². The van der Waals surface area contributed by atoms with Crippen molar-refractivity contribution in [1.82, 2.24) is 10.3 Å². The minimum atomic E-state index is -1.09. The molecule has 0 fully saturated rings. The highest BCUT2D eigenvalue weighted by Gasteiger charge is 2.11. The molecule has 110 valence electrons. The van der Waals surface area contributed by atoms with Crippen LogP contribution in [0.3, 0.4) is 0 Å². The van der Waals surface area contributed by atoms with E-state index in [1.165, 1.54) is 18.5 Å². The SMILES string of the molecule is CC(NC(=O)COc1cncc(C(=O)O)c1)c1cccs1. The van der Waals surface area contributed by atoms with E-state index in [2.05, 4.69) is 10.3 Å². The first kappa shape index (κ1) is 15.0. The number of rotatable bonds is 6. The summed E-state index contributed by atoms with van der Waals surface area (Å²) >= 11 is 1.56. The molecule has 0 spiro atoms. The molecule has 7 heteroatoms. The van der Waals surface area contributed by atoms with Crippen molar-refractivity contribution in [3.05, 3.63) is 46.4 Å². The number of nitrogens with zero attached hydrogens (tertiary/aromatic N) is 1. The molecular weight excluding hydrogens is 292 g/mol. The predicted molar refractivity (Wildman–Crippen MR) is 77.6 cm³/mol. The van der Waals surface area contributed by atoms with E-state index in [9.17, 15) is 9.59 Å². The van der Waals surface area contributed by atoms with Crippen LogP contribution in [0.2, 0.25) is 0 Å². The number of ether oxygens (including phenoxy) is 1. The van der Waals surface area contributed by atoms with Crippen molar-refractivity contribution in [3.63, 3.8) is 0 Å². The van der Waals surface area contributed by atoms with Gasteiger partial charge in [-0.15, -0.1) is 11.3 Å². The molecule has 1 atom stereocenters. The molecule has 2 aromatic rings. The van der Waals surface area contributed by atoms with Gasteiger partial charge < -0.3 is 15.2 Å². The topological polar surface area (TPSA) is 88.5 Å². The molecule has 0 aromatic carbocycles. The lowest BCUT2D eigenvalue weighted by molar-refractivity contribution is -0.123. The normalized spacial score (nSPS) is 11.7. The van der Waals surface area contributed by atoms with Crippen LogP contribution in [0.25, 0.3) is 0 Å². The minimum absolute atomic E-state index is 0.0138. The van der Waals surface area contributed by atoms with Crippen LogP contribution in [0, 0.1) is 0 Å². The Labute approximate surface area is 125 Å². The van der Waals surface area contributed by atoms with Crippen molar-refractivity contribution in [2.45, 2.75) is 13.0 Å². The lowest BCUT2D eigenvalue weighted by atomic mass is 10.3. The zero-order valence-electron chi connectivity index (χ0n) is 11.3. The monoisotopic (exact) mass is 306 g/mol. The Morgan fingerprint density at radius 1 is 1.48 bits per heavy atom. The van der Waals surface area contributed by atoms with Gasteiger partial charge in [-0.2, -0.15) is 0 Å². The van der Waals surface area contributed by atoms with Crippen molar-refractivity contribution in [2.24, 2.45) is 0 Å². The van der Waals surface area contributed by atoms with Gasteiger partial charge in [0.2, 0.25) is 0 Å². The van der Waals surface area contributed by atoms with E-state index in [1.54, 1.807) is 11.3 Å². The molecule has 2 rings (SSSR count). The van der Waals surface area contributed by atoms with E-state index < -0.39 is 5.97 Å². The lowest BCUT2D eigenvalue weighted by Crippen LogP contribution is -2.30. The van der Waals surface area contributed by atoms with E-state index in [4.69, 9.17) is 9.84 Å². The van der Waals surface area contributed by atoms with Crippen molar-refractivity contribution in [1.29, 1.82) is 0 Å². The van der Waals surface area contributed by atoms with Crippen molar-refractivity contribution >= 4 is 23.2 Å². The Balaban J connectivity index is 1.86. The number of aromatic carboxylic acids is 1. The van der Waals surface area contributed by atoms with Crippen LogP contribution in [0.1, 0.15) is 28.2 Å². The van der Waals surface area contributed by atoms with E-state index in [1.807, 2.05) is 24.4 Å². The average Bonchev–Trinajstić information content (AvgIpc) is 2.99. The first-order valence-electron chi connectivity index (χ1n) is 6.20. The van der Waals surface area contributed by atoms with E-state index in [0.29, 0.717) is 0 Å². The van der Waals surface area contributed by atoms with Gasteiger partial charge in [0.25, 0.3) is 5.91 Å². The standard InChI is InChI=1S/C14H14N2O4S/c1-9(12-3-2-4-21-12)16-13(17)8-20-11-5-10(14(18)19)6-15-7-11/h2-7,9H,8H2,1H3,(H,16,17)(H,18,19). The number of carboxylic acids is 1. The van der Waals surface area contributed by atoms with E-state index in [0.717, 1.165) is 4.88 Å². The van der Waals surface area contributed by atoms with E-state index in [-0.39, 0.29) is 29.9 Å². The number of thiophene rings is 1. The van der Waals surface area contributed by atoms with Crippen LogP contribution in [0.4, 0.5) is 0 Å². The first-order chi connectivity index (χ1) is 10.1. The second-order valence-corrected chi connectivity index (χ2v) is 5.29. The Kier molecular flexibility index (Phi) is 4.89. The molecule has 0 saturated carbocycles. The third-order valence-corrected chi connectivity index (χ3v) is 3.73. The molecule has 2 aromatic heterocycles. The summed E-state index contributed by atoms with van der Waals surface area (Å²) in [6.07, 6.45) is 2.58. The fraction of sp³-hybridized carbons (Fsp3) is 0.214. The van der Waals surface area contributed by atoms with Crippen molar-refractivity contribution in [3.8, 4) is 5.75 Å². The number of aromatic nitrogens is 1. The second-order valence-electron chi connectivity index (χ2n) is 4.31. The molecule has 0 aliphatic heterocycles. The fourth-order valence-corrected chi connectivity index (χ4v) is 2.39. The van der Waals surface area contributed by atoms with Crippen LogP contribution in [0.5, 0.6) is 5.75 Å². The van der Waals surface area contributed by atoms with Gasteiger partial charge in [-0.05, 0) is 24.4 Å². The lowest BCUT2D eigenvalue weighted by Gasteiger charge is -2.12. The Bertz CT molecular complexity index is 628. The third-order valence-electron chi connectivity index (χ3n) is 2.68. The molecule has 2 N–H and O–H groups in total. The number of carbonyl (C=O) groups is 2. The smallest absolute Gasteiger partial charge is 0.337 e. The molecule has 0 aliphatic rings. The summed E-state index contributed by atoms with van der Waals surface area (Å²) in [6.45, 7) is 1.69. The molecule has 6 nitrogen and oxygen atoms in total. The number of carbonyl (C=O) groups excluding carboxylic acids is 1. The minimum Gasteiger partial charge on any atom is -0.482 e. The Morgan fingerprint density at radius 3 is 2.95 bits per heavy atom. The number of nitrogens with one attached hydrogen (secondary N) is 1. The predicted octanol–water partition coefficient (Wildman–Crippen LogP) is 2.10. The van der Waals surface area contributed by atoms with Gasteiger partial charge in [0.1, 0.15) is 5.75 Å². The van der Waals surface area contributed by atoms with E-state index >= 15 is 0 Å². The Morgan fingerprint density at radius 2 is 2.29 bits per heavy atom. The first-order valence-corrected chi connectivity index (χ1v) is 7.08. The van der Waals surface area contributed by atoms with Gasteiger partial charge in [0.05, 0.1) is 17.8 Å². The molecule has 0 radical (unpaired) electrons. The molecule has 0 saturated heterocycles. The highest BCUT2D eigenvalue weighted by atomic mass is 32.1. The van der Waals surface area contributed by atoms with Gasteiger partial charge in [-0.1, -0.05) is 6.07 Å². The van der Waals surface area contributed by atoms with Crippen LogP contribution < -0.4 is 10.1 Å². The summed E-state index contributed by atoms with van der Waals surface area (Å²) < 4.78 is 5.24. The van der Waals surface area contributed by atoms with Gasteiger partial charge in [0.15, 0.2) is 6.61 Å². The Hall–Kier alpha value is -2.41. The number of pyridine rings is 1. The maximum atomic E-state index is 11.8. The summed E-state index contributed by atoms with van der Waals surface area (Å²) in [5.41, 5.74) is 0.0138. The maximum absolute atomic E-state index is 11.8. The van der Waals surface area contributed by atoms with Crippen LogP contribution in [-0.4, -0.2) is 28.6 Å². The van der Waals surface area contributed by atoms with Gasteiger partial charge in [0, 0.05) is 11.1 Å². The van der Waals surface area contributed by atoms with Gasteiger partial charge >= 0.3 is 5.97 Å². The number of hydrogen-bond acceptors (Lipinski definition) is 5. The number of hydrogen-bond donors (Lipinski definition) is 2. The van der Waals surface area contributed by atoms with Crippen molar-refractivity contribution in [2.75, 3.05) is 6.61 Å². The second kappa shape index (κ2) is 6.85. The summed E-state index contributed by atoms with van der Waals surface area (Å²) in [4.78, 5) is 27.4. The number of amides is 1. The summed E-state index contributed by atoms with van der Waals surface area (Å²) in [5.74, 6) is -1.13. The molecule has 0 bridgehead atoms. The quantitative estimate of drug-likeness (QED) is 0.853. The molecule has 21 heavy (non-hydrogen) atoms. The van der Waals surface area contributed by atoms with Crippen LogP contribution in [-0.2, 0) is 4.79 Å². The average molecular weight is 306 g/mol. The number of carboxylic acid groups (broad SMARTS) is 1. The summed E-state index contributed by atoms with van der Waals surface area (Å²) in [5, 5.41) is 13.6. The van der Waals surface area contributed by atoms with Crippen LogP contribution >= 0.6 is 11.3 Å². The maximum Gasteiger partial charge on any atom is 0.337 e. The molecular formula is C14H14N2O4S. The summed E-state index contributed by atoms with van der Waals surface area (Å²) in [7, 11) is 0. The van der Waals surface area contributed by atoms with Crippen molar-refractivity contribution < 1.29 is 19.4 Å². The highest BCUT2D eigenvalue weighted by molar-refractivity contribution is 7.10.